The van der Waals surface area contributed by atoms with Crippen molar-refractivity contribution in [2.75, 3.05) is 7.11 Å². The molecule has 0 aliphatic rings. The van der Waals surface area contributed by atoms with E-state index < -0.39 is 5.97 Å². The molecule has 0 atom stereocenters. The molecule has 2 aromatic carbocycles. The predicted octanol–water partition coefficient (Wildman–Crippen LogP) is 4.25. The average molecular weight is 418 g/mol. The van der Waals surface area contributed by atoms with Crippen LogP contribution in [0.25, 0.3) is 0 Å². The van der Waals surface area contributed by atoms with E-state index in [1.54, 1.807) is 13.2 Å². The number of thiazole rings is 1. The van der Waals surface area contributed by atoms with Gasteiger partial charge in [-0.3, -0.25) is 9.36 Å². The van der Waals surface area contributed by atoms with Crippen LogP contribution in [0.5, 0.6) is 17.4 Å². The highest BCUT2D eigenvalue weighted by Gasteiger charge is 2.18. The summed E-state index contributed by atoms with van der Waals surface area (Å²) in [5, 5.41) is 19.4. The molecule has 0 unspecified atom stereocenters. The van der Waals surface area contributed by atoms with Crippen LogP contribution in [0.4, 0.5) is 0 Å². The molecular weight excluding hydrogens is 398 g/mol. The van der Waals surface area contributed by atoms with Gasteiger partial charge >= 0.3 is 5.97 Å². The third-order valence-electron chi connectivity index (χ3n) is 4.09. The first-order valence-corrected chi connectivity index (χ1v) is 9.68. The molecule has 6 nitrogen and oxygen atoms in total. The fraction of sp³-hybridized carbons (Fsp3) is 0.200. The molecule has 146 valence electrons. The van der Waals surface area contributed by atoms with Gasteiger partial charge in [0.05, 0.1) is 12.0 Å². The van der Waals surface area contributed by atoms with E-state index in [1.807, 2.05) is 42.5 Å². The van der Waals surface area contributed by atoms with Crippen LogP contribution >= 0.6 is 23.6 Å². The predicted molar refractivity (Wildman–Crippen MR) is 109 cm³/mol. The molecule has 3 rings (SSSR count). The summed E-state index contributed by atoms with van der Waals surface area (Å²) in [6.07, 6.45) is 0.341. The molecule has 28 heavy (non-hydrogen) atoms. The minimum absolute atomic E-state index is 0.130. The maximum atomic E-state index is 11.0. The topological polar surface area (TPSA) is 80.9 Å². The van der Waals surface area contributed by atoms with Crippen LogP contribution < -0.4 is 9.47 Å². The van der Waals surface area contributed by atoms with Crippen LogP contribution in [0.3, 0.4) is 0 Å². The summed E-state index contributed by atoms with van der Waals surface area (Å²) in [5.74, 6) is -0.0305. The van der Waals surface area contributed by atoms with Crippen molar-refractivity contribution < 1.29 is 24.5 Å². The van der Waals surface area contributed by atoms with E-state index in [9.17, 15) is 9.90 Å². The van der Waals surface area contributed by atoms with E-state index in [4.69, 9.17) is 26.8 Å². The smallest absolute Gasteiger partial charge is 0.323 e. The van der Waals surface area contributed by atoms with Gasteiger partial charge in [-0.15, -0.1) is 11.3 Å². The second kappa shape index (κ2) is 8.90. The van der Waals surface area contributed by atoms with Gasteiger partial charge in [0.1, 0.15) is 13.2 Å². The average Bonchev–Trinajstić information content (AvgIpc) is 2.94. The number of benzene rings is 2. The zero-order valence-electron chi connectivity index (χ0n) is 15.1. The Hall–Kier alpha value is -2.84. The van der Waals surface area contributed by atoms with Crippen molar-refractivity contribution in [1.82, 2.24) is 4.57 Å². The molecule has 0 amide bonds. The second-order valence-electron chi connectivity index (χ2n) is 5.99. The van der Waals surface area contributed by atoms with Crippen LogP contribution in [-0.4, -0.2) is 27.9 Å². The number of carbonyl (C=O) groups is 1. The maximum Gasteiger partial charge on any atom is 0.323 e. The Morgan fingerprint density at radius 3 is 2.61 bits per heavy atom. The molecule has 0 fully saturated rings. The quantitative estimate of drug-likeness (QED) is 0.534. The number of aromatic hydroxyl groups is 1. The maximum absolute atomic E-state index is 11.0. The fourth-order valence-corrected chi connectivity index (χ4v) is 4.11. The minimum atomic E-state index is -1.07. The number of ether oxygens (including phenoxy) is 2. The Bertz CT molecular complexity index is 1030. The minimum Gasteiger partial charge on any atom is -0.494 e. The Kier molecular flexibility index (Phi) is 6.33. The number of hydrogen-bond acceptors (Lipinski definition) is 6. The van der Waals surface area contributed by atoms with Crippen molar-refractivity contribution in [3.05, 3.63) is 68.5 Å². The Labute approximate surface area is 171 Å². The molecule has 0 saturated carbocycles. The number of aromatic nitrogens is 1. The summed E-state index contributed by atoms with van der Waals surface area (Å²) in [6.45, 7) is -0.00736. The Balaban J connectivity index is 1.90. The first kappa shape index (κ1) is 19.9. The molecule has 0 aliphatic carbocycles. The fourth-order valence-electron chi connectivity index (χ4n) is 2.76. The Morgan fingerprint density at radius 2 is 1.93 bits per heavy atom. The normalized spacial score (nSPS) is 10.6. The number of hydrogen-bond donors (Lipinski definition) is 2. The number of carboxylic acid groups (broad SMARTS) is 1. The lowest BCUT2D eigenvalue weighted by Crippen LogP contribution is -2.08. The van der Waals surface area contributed by atoms with Gasteiger partial charge in [-0.1, -0.05) is 42.5 Å². The van der Waals surface area contributed by atoms with E-state index >= 15 is 0 Å². The van der Waals surface area contributed by atoms with Crippen LogP contribution in [0.2, 0.25) is 0 Å². The third kappa shape index (κ3) is 4.52. The monoisotopic (exact) mass is 417 g/mol. The molecule has 1 heterocycles. The van der Waals surface area contributed by atoms with Crippen LogP contribution in [0.1, 0.15) is 16.0 Å². The third-order valence-corrected chi connectivity index (χ3v) is 5.53. The van der Waals surface area contributed by atoms with E-state index in [2.05, 4.69) is 0 Å². The van der Waals surface area contributed by atoms with Crippen LogP contribution in [-0.2, 0) is 24.4 Å². The van der Waals surface area contributed by atoms with Gasteiger partial charge in [-0.25, -0.2) is 0 Å². The summed E-state index contributed by atoms with van der Waals surface area (Å²) in [4.78, 5) is 11.6. The van der Waals surface area contributed by atoms with E-state index in [0.29, 0.717) is 33.4 Å². The van der Waals surface area contributed by atoms with Gasteiger partial charge in [-0.05, 0) is 23.8 Å². The lowest BCUT2D eigenvalue weighted by molar-refractivity contribution is -0.137. The van der Waals surface area contributed by atoms with Gasteiger partial charge in [0.15, 0.2) is 15.5 Å². The largest absolute Gasteiger partial charge is 0.494 e. The lowest BCUT2D eigenvalue weighted by atomic mass is 10.1. The van der Waals surface area contributed by atoms with Gasteiger partial charge in [0.25, 0.3) is 0 Å². The van der Waals surface area contributed by atoms with Gasteiger partial charge in [0.2, 0.25) is 5.88 Å². The highest BCUT2D eigenvalue weighted by atomic mass is 32.1. The molecule has 0 saturated heterocycles. The molecule has 0 spiro atoms. The molecule has 2 N–H and O–H groups in total. The van der Waals surface area contributed by atoms with Crippen molar-refractivity contribution in [3.63, 3.8) is 0 Å². The van der Waals surface area contributed by atoms with Gasteiger partial charge in [-0.2, -0.15) is 0 Å². The summed E-state index contributed by atoms with van der Waals surface area (Å²) in [6, 6.07) is 15.3. The molecule has 8 heteroatoms. The summed E-state index contributed by atoms with van der Waals surface area (Å²) < 4.78 is 13.0. The molecule has 0 aliphatic heterocycles. The SMILES string of the molecule is COc1cccc(Cc2sc(=S)n(CC(=O)O)c2O)c1OCc1ccccc1. The lowest BCUT2D eigenvalue weighted by Gasteiger charge is -2.15. The van der Waals surface area contributed by atoms with Crippen LogP contribution in [0, 0.1) is 3.95 Å². The molecule has 0 bridgehead atoms. The second-order valence-corrected chi connectivity index (χ2v) is 7.72. The number of carboxylic acids is 1. The van der Waals surface area contributed by atoms with E-state index in [1.165, 1.54) is 15.9 Å². The summed E-state index contributed by atoms with van der Waals surface area (Å²) >= 11 is 6.38. The number of nitrogens with zero attached hydrogens (tertiary/aromatic N) is 1. The van der Waals surface area contributed by atoms with Crippen molar-refractivity contribution >= 4 is 29.5 Å². The zero-order valence-corrected chi connectivity index (χ0v) is 16.8. The highest BCUT2D eigenvalue weighted by molar-refractivity contribution is 7.73. The Morgan fingerprint density at radius 1 is 1.18 bits per heavy atom. The molecular formula is C20H19NO5S2. The molecule has 0 radical (unpaired) electrons. The number of aliphatic carboxylic acids is 1. The molecule has 3 aromatic rings. The highest BCUT2D eigenvalue weighted by Crippen LogP contribution is 2.36. The number of para-hydroxylation sites is 1. The van der Waals surface area contributed by atoms with Crippen molar-refractivity contribution in [2.24, 2.45) is 0 Å². The van der Waals surface area contributed by atoms with Gasteiger partial charge < -0.3 is 19.7 Å². The van der Waals surface area contributed by atoms with Crippen molar-refractivity contribution in [1.29, 1.82) is 0 Å². The van der Waals surface area contributed by atoms with E-state index in [0.717, 1.165) is 11.1 Å². The summed E-state index contributed by atoms with van der Waals surface area (Å²) in [5.41, 5.74) is 1.83. The number of methoxy groups -OCH3 is 1. The first-order valence-electron chi connectivity index (χ1n) is 8.45. The summed E-state index contributed by atoms with van der Waals surface area (Å²) in [7, 11) is 1.57. The zero-order chi connectivity index (χ0) is 20.1. The first-order chi connectivity index (χ1) is 13.5. The van der Waals surface area contributed by atoms with Gasteiger partial charge in [0, 0.05) is 12.0 Å². The number of rotatable bonds is 8. The standard InChI is InChI=1S/C20H19NO5S2/c1-25-15-9-5-8-14(18(15)26-12-13-6-3-2-4-7-13)10-16-19(24)21(11-17(22)23)20(27)28-16/h2-9,24H,10-12H2,1H3,(H,22,23). The van der Waals surface area contributed by atoms with E-state index in [-0.39, 0.29) is 12.4 Å². The van der Waals surface area contributed by atoms with Crippen molar-refractivity contribution in [3.8, 4) is 17.4 Å². The van der Waals surface area contributed by atoms with Crippen LogP contribution in [0.15, 0.2) is 48.5 Å². The van der Waals surface area contributed by atoms with Crippen molar-refractivity contribution in [2.45, 2.75) is 19.6 Å². The molecule has 1 aromatic heterocycles.